The number of rotatable bonds is 5. The number of nitrogens with one attached hydrogen (secondary N) is 1. The molecule has 0 saturated heterocycles. The minimum absolute atomic E-state index is 0.000203. The fraction of sp³-hybridized carbons (Fsp3) is 0.571. The first-order chi connectivity index (χ1) is 9.38. The highest BCUT2D eigenvalue weighted by Gasteiger charge is 2.34. The largest absolute Gasteiger partial charge is 0.240 e. The van der Waals surface area contributed by atoms with Crippen molar-refractivity contribution in [2.75, 3.05) is 12.4 Å². The summed E-state index contributed by atoms with van der Waals surface area (Å²) in [6.45, 7) is 1.97. The van der Waals surface area contributed by atoms with Crippen molar-refractivity contribution >= 4 is 21.6 Å². The molecule has 20 heavy (non-hydrogen) atoms. The fourth-order valence-electron chi connectivity index (χ4n) is 2.67. The van der Waals surface area contributed by atoms with E-state index in [-0.39, 0.29) is 10.3 Å². The van der Waals surface area contributed by atoms with Gasteiger partial charge < -0.3 is 0 Å². The minimum Gasteiger partial charge on any atom is -0.211 e. The molecule has 6 heteroatoms. The van der Waals surface area contributed by atoms with Crippen molar-refractivity contribution in [3.8, 4) is 0 Å². The molecular formula is C14H19ClFNO2S. The zero-order valence-corrected chi connectivity index (χ0v) is 13.0. The van der Waals surface area contributed by atoms with Gasteiger partial charge in [-0.25, -0.2) is 17.5 Å². The lowest BCUT2D eigenvalue weighted by molar-refractivity contribution is 0.342. The Morgan fingerprint density at radius 2 is 2.00 bits per heavy atom. The van der Waals surface area contributed by atoms with Crippen LogP contribution >= 0.6 is 11.6 Å². The maximum Gasteiger partial charge on any atom is 0.240 e. The molecule has 1 aliphatic carbocycles. The van der Waals surface area contributed by atoms with Gasteiger partial charge in [0.1, 0.15) is 5.82 Å². The van der Waals surface area contributed by atoms with Crippen molar-refractivity contribution < 1.29 is 12.8 Å². The Morgan fingerprint density at radius 1 is 1.35 bits per heavy atom. The Labute approximate surface area is 124 Å². The summed E-state index contributed by atoms with van der Waals surface area (Å²) in [4.78, 5) is 0.000203. The second-order valence-electron chi connectivity index (χ2n) is 5.58. The lowest BCUT2D eigenvalue weighted by Crippen LogP contribution is -2.37. The second kappa shape index (κ2) is 6.00. The molecule has 112 valence electrons. The molecule has 2 rings (SSSR count). The summed E-state index contributed by atoms with van der Waals surface area (Å²) in [7, 11) is -3.70. The summed E-state index contributed by atoms with van der Waals surface area (Å²) in [5.74, 6) is -0.110. The molecule has 1 aliphatic rings. The van der Waals surface area contributed by atoms with Gasteiger partial charge in [-0.05, 0) is 42.9 Å². The van der Waals surface area contributed by atoms with Crippen LogP contribution in [-0.2, 0) is 10.0 Å². The number of alkyl halides is 1. The molecule has 3 nitrogen and oxygen atoms in total. The van der Waals surface area contributed by atoms with Gasteiger partial charge in [0.2, 0.25) is 10.0 Å². The molecule has 0 atom stereocenters. The monoisotopic (exact) mass is 319 g/mol. The molecule has 0 unspecified atom stereocenters. The first kappa shape index (κ1) is 15.7. The molecule has 1 fully saturated rings. The van der Waals surface area contributed by atoms with Gasteiger partial charge in [0, 0.05) is 12.4 Å². The molecular weight excluding hydrogens is 301 g/mol. The SMILES string of the molecule is Cc1ccc(F)cc1S(=O)(=O)NCC1(CCl)CCCC1. The zero-order chi connectivity index (χ0) is 14.8. The van der Waals surface area contributed by atoms with Gasteiger partial charge in [-0.2, -0.15) is 0 Å². The number of aryl methyl sites for hydroxylation is 1. The van der Waals surface area contributed by atoms with Gasteiger partial charge in [0.25, 0.3) is 0 Å². The standard InChI is InChI=1S/C14H19ClFNO2S/c1-11-4-5-12(16)8-13(11)20(18,19)17-10-14(9-15)6-2-3-7-14/h4-5,8,17H,2-3,6-7,9-10H2,1H3. The van der Waals surface area contributed by atoms with Crippen LogP contribution in [0.3, 0.4) is 0 Å². The molecule has 1 aromatic carbocycles. The lowest BCUT2D eigenvalue weighted by atomic mass is 9.89. The first-order valence-electron chi connectivity index (χ1n) is 6.70. The quantitative estimate of drug-likeness (QED) is 0.847. The smallest absolute Gasteiger partial charge is 0.211 e. The third-order valence-electron chi connectivity index (χ3n) is 4.02. The Bertz CT molecular complexity index is 583. The van der Waals surface area contributed by atoms with Crippen LogP contribution in [0.25, 0.3) is 0 Å². The minimum atomic E-state index is -3.70. The predicted octanol–water partition coefficient (Wildman–Crippen LogP) is 3.21. The van der Waals surface area contributed by atoms with Crippen LogP contribution in [0.1, 0.15) is 31.2 Å². The van der Waals surface area contributed by atoms with Gasteiger partial charge >= 0.3 is 0 Å². The number of hydrogen-bond acceptors (Lipinski definition) is 2. The van der Waals surface area contributed by atoms with Crippen molar-refractivity contribution in [3.63, 3.8) is 0 Å². The van der Waals surface area contributed by atoms with Crippen molar-refractivity contribution in [1.29, 1.82) is 0 Å². The molecule has 0 amide bonds. The highest BCUT2D eigenvalue weighted by atomic mass is 35.5. The Balaban J connectivity index is 2.17. The molecule has 0 spiro atoms. The van der Waals surface area contributed by atoms with E-state index >= 15 is 0 Å². The maximum atomic E-state index is 13.2. The van der Waals surface area contributed by atoms with E-state index in [1.807, 2.05) is 0 Å². The average Bonchev–Trinajstić information content (AvgIpc) is 2.89. The Morgan fingerprint density at radius 3 is 2.60 bits per heavy atom. The number of halogens is 2. The molecule has 1 N–H and O–H groups in total. The number of benzene rings is 1. The summed E-state index contributed by atoms with van der Waals surface area (Å²) in [6, 6.07) is 3.78. The van der Waals surface area contributed by atoms with Crippen LogP contribution in [-0.4, -0.2) is 20.8 Å². The summed E-state index contributed by atoms with van der Waals surface area (Å²) in [6.07, 6.45) is 4.02. The fourth-order valence-corrected chi connectivity index (χ4v) is 4.45. The van der Waals surface area contributed by atoms with Crippen LogP contribution in [0.15, 0.2) is 23.1 Å². The molecule has 1 aromatic rings. The van der Waals surface area contributed by atoms with Crippen LogP contribution in [0.2, 0.25) is 0 Å². The summed E-state index contributed by atoms with van der Waals surface area (Å²) in [5.41, 5.74) is 0.376. The van der Waals surface area contributed by atoms with Gasteiger partial charge in [0.05, 0.1) is 4.90 Å². The highest BCUT2D eigenvalue weighted by molar-refractivity contribution is 7.89. The zero-order valence-electron chi connectivity index (χ0n) is 11.5. The van der Waals surface area contributed by atoms with Crippen molar-refractivity contribution in [1.82, 2.24) is 4.72 Å². The third kappa shape index (κ3) is 3.32. The maximum absolute atomic E-state index is 13.2. The molecule has 0 aromatic heterocycles. The van der Waals surface area contributed by atoms with Crippen molar-refractivity contribution in [2.24, 2.45) is 5.41 Å². The summed E-state index contributed by atoms with van der Waals surface area (Å²) in [5, 5.41) is 0. The molecule has 0 aliphatic heterocycles. The van der Waals surface area contributed by atoms with E-state index < -0.39 is 15.8 Å². The predicted molar refractivity (Wildman–Crippen MR) is 77.9 cm³/mol. The number of sulfonamides is 1. The van der Waals surface area contributed by atoms with E-state index in [1.165, 1.54) is 12.1 Å². The van der Waals surface area contributed by atoms with E-state index in [0.29, 0.717) is 18.0 Å². The lowest BCUT2D eigenvalue weighted by Gasteiger charge is -2.26. The van der Waals surface area contributed by atoms with E-state index in [1.54, 1.807) is 6.92 Å². The molecule has 0 heterocycles. The van der Waals surface area contributed by atoms with E-state index in [2.05, 4.69) is 4.72 Å². The molecule has 0 bridgehead atoms. The van der Waals surface area contributed by atoms with E-state index in [4.69, 9.17) is 11.6 Å². The van der Waals surface area contributed by atoms with Crippen LogP contribution in [0.4, 0.5) is 4.39 Å². The average molecular weight is 320 g/mol. The van der Waals surface area contributed by atoms with Crippen molar-refractivity contribution in [3.05, 3.63) is 29.6 Å². The molecule has 1 saturated carbocycles. The third-order valence-corrected chi connectivity index (χ3v) is 6.13. The summed E-state index contributed by atoms with van der Waals surface area (Å²) < 4.78 is 40.4. The van der Waals surface area contributed by atoms with Gasteiger partial charge in [0.15, 0.2) is 0 Å². The van der Waals surface area contributed by atoms with Gasteiger partial charge in [-0.3, -0.25) is 0 Å². The summed E-state index contributed by atoms with van der Waals surface area (Å²) >= 11 is 6.00. The van der Waals surface area contributed by atoms with Crippen molar-refractivity contribution in [2.45, 2.75) is 37.5 Å². The second-order valence-corrected chi connectivity index (χ2v) is 7.58. The number of hydrogen-bond donors (Lipinski definition) is 1. The highest BCUT2D eigenvalue weighted by Crippen LogP contribution is 2.38. The van der Waals surface area contributed by atoms with Gasteiger partial charge in [-0.15, -0.1) is 11.6 Å². The molecule has 0 radical (unpaired) electrons. The van der Waals surface area contributed by atoms with Gasteiger partial charge in [-0.1, -0.05) is 18.9 Å². The van der Waals surface area contributed by atoms with Crippen LogP contribution in [0, 0.1) is 18.2 Å². The van der Waals surface area contributed by atoms with Crippen LogP contribution < -0.4 is 4.72 Å². The first-order valence-corrected chi connectivity index (χ1v) is 8.72. The topological polar surface area (TPSA) is 46.2 Å². The Kier molecular flexibility index (Phi) is 4.72. The Hall–Kier alpha value is -0.650. The van der Waals surface area contributed by atoms with E-state index in [9.17, 15) is 12.8 Å². The normalized spacial score (nSPS) is 18.4. The van der Waals surface area contributed by atoms with Crippen LogP contribution in [0.5, 0.6) is 0 Å². The van der Waals surface area contributed by atoms with E-state index in [0.717, 1.165) is 31.7 Å².